The standard InChI is InChI=1S/C28H33NO3/c1-22-7-6-8-23(19-22)20-28(30,25-11-13-26(31-2)14-12-25)27(24-9-4-3-5-10-24)21-29-15-17-32-18-16-29/h3-14,19,27,30H,15-18,20-21H2,1-2H3. The maximum atomic E-state index is 12.5. The largest absolute Gasteiger partial charge is 0.497 e. The molecule has 1 saturated heterocycles. The smallest absolute Gasteiger partial charge is 0.118 e. The van der Waals surface area contributed by atoms with Gasteiger partial charge in [0, 0.05) is 32.0 Å². The number of hydrogen-bond acceptors (Lipinski definition) is 4. The third-order valence-electron chi connectivity index (χ3n) is 6.47. The van der Waals surface area contributed by atoms with Gasteiger partial charge in [-0.3, -0.25) is 4.90 Å². The summed E-state index contributed by atoms with van der Waals surface area (Å²) in [6, 6.07) is 26.7. The molecule has 1 N–H and O–H groups in total. The van der Waals surface area contributed by atoms with E-state index in [2.05, 4.69) is 60.4 Å². The van der Waals surface area contributed by atoms with Gasteiger partial charge < -0.3 is 14.6 Å². The highest BCUT2D eigenvalue weighted by molar-refractivity contribution is 5.38. The average molecular weight is 432 g/mol. The Bertz CT molecular complexity index is 983. The van der Waals surface area contributed by atoms with Crippen LogP contribution < -0.4 is 4.74 Å². The van der Waals surface area contributed by atoms with Crippen LogP contribution in [0.3, 0.4) is 0 Å². The van der Waals surface area contributed by atoms with Crippen LogP contribution in [0.25, 0.3) is 0 Å². The zero-order valence-electron chi connectivity index (χ0n) is 19.0. The second kappa shape index (κ2) is 10.3. The van der Waals surface area contributed by atoms with Crippen LogP contribution in [0.2, 0.25) is 0 Å². The second-order valence-electron chi connectivity index (χ2n) is 8.69. The molecule has 1 aliphatic heterocycles. The van der Waals surface area contributed by atoms with Gasteiger partial charge in [0.1, 0.15) is 11.4 Å². The fourth-order valence-corrected chi connectivity index (χ4v) is 4.70. The molecule has 0 aromatic heterocycles. The molecule has 4 rings (SSSR count). The summed E-state index contributed by atoms with van der Waals surface area (Å²) in [7, 11) is 1.67. The Kier molecular flexibility index (Phi) is 7.26. The molecule has 3 aromatic rings. The molecule has 4 nitrogen and oxygen atoms in total. The van der Waals surface area contributed by atoms with Gasteiger partial charge in [0.25, 0.3) is 0 Å². The molecule has 3 aromatic carbocycles. The van der Waals surface area contributed by atoms with E-state index < -0.39 is 5.60 Å². The lowest BCUT2D eigenvalue weighted by molar-refractivity contribution is -0.0223. The van der Waals surface area contributed by atoms with E-state index in [1.807, 2.05) is 30.3 Å². The molecule has 2 atom stereocenters. The molecule has 4 heteroatoms. The molecule has 0 amide bonds. The molecule has 0 aliphatic carbocycles. The van der Waals surface area contributed by atoms with Crippen molar-refractivity contribution in [2.45, 2.75) is 24.9 Å². The minimum Gasteiger partial charge on any atom is -0.497 e. The summed E-state index contributed by atoms with van der Waals surface area (Å²) in [5, 5.41) is 12.5. The molecular formula is C28H33NO3. The molecule has 1 aliphatic rings. The van der Waals surface area contributed by atoms with E-state index in [1.165, 1.54) is 5.56 Å². The molecule has 0 bridgehead atoms. The number of nitrogens with zero attached hydrogens (tertiary/aromatic N) is 1. The summed E-state index contributed by atoms with van der Waals surface area (Å²) in [5.74, 6) is 0.687. The predicted molar refractivity (Wildman–Crippen MR) is 128 cm³/mol. The quantitative estimate of drug-likeness (QED) is 0.568. The minimum atomic E-state index is -1.08. The average Bonchev–Trinajstić information content (AvgIpc) is 2.84. The van der Waals surface area contributed by atoms with Gasteiger partial charge in [-0.2, -0.15) is 0 Å². The Morgan fingerprint density at radius 1 is 0.969 bits per heavy atom. The SMILES string of the molecule is COc1ccc(C(O)(Cc2cccc(C)c2)C(CN2CCOCC2)c2ccccc2)cc1. The lowest BCUT2D eigenvalue weighted by Gasteiger charge is -2.41. The summed E-state index contributed by atoms with van der Waals surface area (Å²) in [4.78, 5) is 2.41. The first-order valence-electron chi connectivity index (χ1n) is 11.4. The Morgan fingerprint density at radius 3 is 2.34 bits per heavy atom. The number of ether oxygens (including phenoxy) is 2. The highest BCUT2D eigenvalue weighted by atomic mass is 16.5. The monoisotopic (exact) mass is 431 g/mol. The van der Waals surface area contributed by atoms with Gasteiger partial charge in [-0.15, -0.1) is 0 Å². The summed E-state index contributed by atoms with van der Waals surface area (Å²) >= 11 is 0. The number of methoxy groups -OCH3 is 1. The van der Waals surface area contributed by atoms with Crippen LogP contribution in [-0.4, -0.2) is 50.0 Å². The van der Waals surface area contributed by atoms with Crippen LogP contribution in [0.5, 0.6) is 5.75 Å². The molecule has 0 saturated carbocycles. The predicted octanol–water partition coefficient (Wildman–Crippen LogP) is 4.55. The third-order valence-corrected chi connectivity index (χ3v) is 6.47. The lowest BCUT2D eigenvalue weighted by atomic mass is 9.73. The minimum absolute atomic E-state index is 0.101. The molecule has 168 valence electrons. The molecule has 1 fully saturated rings. The fraction of sp³-hybridized carbons (Fsp3) is 0.357. The van der Waals surface area contributed by atoms with E-state index in [0.29, 0.717) is 6.42 Å². The van der Waals surface area contributed by atoms with Gasteiger partial charge in [0.15, 0.2) is 0 Å². The van der Waals surface area contributed by atoms with Crippen molar-refractivity contribution in [2.75, 3.05) is 40.0 Å². The van der Waals surface area contributed by atoms with E-state index in [1.54, 1.807) is 7.11 Å². The summed E-state index contributed by atoms with van der Waals surface area (Å²) in [6.45, 7) is 6.10. The molecule has 0 spiro atoms. The highest BCUT2D eigenvalue weighted by Gasteiger charge is 2.40. The van der Waals surface area contributed by atoms with Crippen molar-refractivity contribution in [1.29, 1.82) is 0 Å². The van der Waals surface area contributed by atoms with Gasteiger partial charge in [-0.25, -0.2) is 0 Å². The molecular weight excluding hydrogens is 398 g/mol. The van der Waals surface area contributed by atoms with E-state index in [-0.39, 0.29) is 5.92 Å². The van der Waals surface area contributed by atoms with E-state index >= 15 is 0 Å². The maximum absolute atomic E-state index is 12.5. The van der Waals surface area contributed by atoms with Gasteiger partial charge in [0.2, 0.25) is 0 Å². The number of hydrogen-bond donors (Lipinski definition) is 1. The first-order valence-corrected chi connectivity index (χ1v) is 11.4. The van der Waals surface area contributed by atoms with Gasteiger partial charge in [-0.1, -0.05) is 72.3 Å². The molecule has 1 heterocycles. The molecule has 0 radical (unpaired) electrons. The number of aryl methyl sites for hydroxylation is 1. The molecule has 2 unspecified atom stereocenters. The number of benzene rings is 3. The number of aliphatic hydroxyl groups is 1. The van der Waals surface area contributed by atoms with Crippen molar-refractivity contribution in [3.63, 3.8) is 0 Å². The number of rotatable bonds is 8. The van der Waals surface area contributed by atoms with Gasteiger partial charge in [0.05, 0.1) is 20.3 Å². The lowest BCUT2D eigenvalue weighted by Crippen LogP contribution is -2.45. The normalized spacial score (nSPS) is 17.5. The Labute approximate surface area is 191 Å². The molecule has 32 heavy (non-hydrogen) atoms. The van der Waals surface area contributed by atoms with Crippen molar-refractivity contribution in [3.8, 4) is 5.75 Å². The van der Waals surface area contributed by atoms with Crippen molar-refractivity contribution in [1.82, 2.24) is 4.90 Å². The van der Waals surface area contributed by atoms with Crippen molar-refractivity contribution >= 4 is 0 Å². The van der Waals surface area contributed by atoms with E-state index in [4.69, 9.17) is 9.47 Å². The van der Waals surface area contributed by atoms with E-state index in [9.17, 15) is 5.11 Å². The van der Waals surface area contributed by atoms with Crippen LogP contribution in [0.1, 0.15) is 28.2 Å². The van der Waals surface area contributed by atoms with Crippen molar-refractivity contribution in [2.24, 2.45) is 0 Å². The van der Waals surface area contributed by atoms with Crippen LogP contribution in [0, 0.1) is 6.92 Å². The zero-order chi connectivity index (χ0) is 22.4. The Morgan fingerprint density at radius 2 is 1.69 bits per heavy atom. The second-order valence-corrected chi connectivity index (χ2v) is 8.69. The third kappa shape index (κ3) is 5.21. The van der Waals surface area contributed by atoms with E-state index in [0.717, 1.165) is 55.3 Å². The highest BCUT2D eigenvalue weighted by Crippen LogP contribution is 2.41. The summed E-state index contributed by atoms with van der Waals surface area (Å²) in [6.07, 6.45) is 0.533. The fourth-order valence-electron chi connectivity index (χ4n) is 4.70. The summed E-state index contributed by atoms with van der Waals surface area (Å²) in [5.41, 5.74) is 3.29. The van der Waals surface area contributed by atoms with Crippen LogP contribution in [0.4, 0.5) is 0 Å². The number of morpholine rings is 1. The van der Waals surface area contributed by atoms with Crippen molar-refractivity contribution < 1.29 is 14.6 Å². The summed E-state index contributed by atoms with van der Waals surface area (Å²) < 4.78 is 11.0. The van der Waals surface area contributed by atoms with Gasteiger partial charge >= 0.3 is 0 Å². The Balaban J connectivity index is 1.79. The van der Waals surface area contributed by atoms with Gasteiger partial charge in [-0.05, 0) is 35.7 Å². The first-order chi connectivity index (χ1) is 15.6. The van der Waals surface area contributed by atoms with Crippen LogP contribution in [-0.2, 0) is 16.8 Å². The van der Waals surface area contributed by atoms with Crippen molar-refractivity contribution in [3.05, 3.63) is 101 Å². The topological polar surface area (TPSA) is 41.9 Å². The Hall–Kier alpha value is -2.66. The maximum Gasteiger partial charge on any atom is 0.118 e. The van der Waals surface area contributed by atoms with Crippen LogP contribution >= 0.6 is 0 Å². The van der Waals surface area contributed by atoms with Crippen LogP contribution in [0.15, 0.2) is 78.9 Å². The first kappa shape index (κ1) is 22.5. The zero-order valence-corrected chi connectivity index (χ0v) is 19.0.